The smallest absolute Gasteiger partial charge is 0.138 e. The minimum atomic E-state index is -0.250. The van der Waals surface area contributed by atoms with Crippen molar-refractivity contribution in [3.05, 3.63) is 27.7 Å². The van der Waals surface area contributed by atoms with Gasteiger partial charge in [0.25, 0.3) is 0 Å². The van der Waals surface area contributed by atoms with Gasteiger partial charge >= 0.3 is 0 Å². The number of methoxy groups -OCH3 is 1. The van der Waals surface area contributed by atoms with Gasteiger partial charge in [0.15, 0.2) is 0 Å². The molecule has 0 radical (unpaired) electrons. The van der Waals surface area contributed by atoms with Crippen LogP contribution >= 0.6 is 23.2 Å². The first kappa shape index (κ1) is 14.9. The highest BCUT2D eigenvalue weighted by atomic mass is 35.5. The fourth-order valence-electron chi connectivity index (χ4n) is 2.49. The monoisotopic (exact) mass is 303 g/mol. The number of aliphatic hydroxyl groups is 1. The molecule has 1 aromatic carbocycles. The van der Waals surface area contributed by atoms with Gasteiger partial charge in [-0.1, -0.05) is 23.2 Å². The van der Waals surface area contributed by atoms with Crippen LogP contribution < -0.4 is 4.74 Å². The lowest BCUT2D eigenvalue weighted by Gasteiger charge is -2.18. The predicted octanol–water partition coefficient (Wildman–Crippen LogP) is 3.20. The van der Waals surface area contributed by atoms with Crippen molar-refractivity contribution in [2.45, 2.75) is 26.0 Å². The maximum atomic E-state index is 9.61. The van der Waals surface area contributed by atoms with Crippen molar-refractivity contribution in [1.82, 2.24) is 4.90 Å². The fourth-order valence-corrected chi connectivity index (χ4v) is 2.97. The number of rotatable bonds is 4. The van der Waals surface area contributed by atoms with Crippen LogP contribution in [0.5, 0.6) is 5.75 Å². The molecule has 0 aromatic heterocycles. The summed E-state index contributed by atoms with van der Waals surface area (Å²) in [4.78, 5) is 2.29. The Morgan fingerprint density at radius 2 is 2.16 bits per heavy atom. The molecule has 2 atom stereocenters. The third-order valence-electron chi connectivity index (χ3n) is 3.71. The van der Waals surface area contributed by atoms with E-state index in [9.17, 15) is 5.11 Å². The van der Waals surface area contributed by atoms with Crippen molar-refractivity contribution in [3.8, 4) is 5.75 Å². The van der Waals surface area contributed by atoms with E-state index in [0.29, 0.717) is 21.7 Å². The molecule has 1 aliphatic rings. The molecule has 19 heavy (non-hydrogen) atoms. The Morgan fingerprint density at radius 1 is 1.42 bits per heavy atom. The first-order chi connectivity index (χ1) is 9.01. The van der Waals surface area contributed by atoms with Crippen LogP contribution in [0.15, 0.2) is 12.1 Å². The van der Waals surface area contributed by atoms with Gasteiger partial charge in [-0.2, -0.15) is 0 Å². The SMILES string of the molecule is COc1cc(Cl)c(CN2CCC(C(C)O)C2)cc1Cl. The van der Waals surface area contributed by atoms with Crippen molar-refractivity contribution in [2.24, 2.45) is 5.92 Å². The Balaban J connectivity index is 2.06. The highest BCUT2D eigenvalue weighted by Crippen LogP contribution is 2.32. The van der Waals surface area contributed by atoms with Gasteiger partial charge in [0.1, 0.15) is 5.75 Å². The number of hydrogen-bond donors (Lipinski definition) is 1. The van der Waals surface area contributed by atoms with Gasteiger partial charge in [0, 0.05) is 24.2 Å². The van der Waals surface area contributed by atoms with Crippen molar-refractivity contribution < 1.29 is 9.84 Å². The second-order valence-corrected chi connectivity index (χ2v) is 5.92. The summed E-state index contributed by atoms with van der Waals surface area (Å²) in [6.45, 7) is 4.49. The van der Waals surface area contributed by atoms with E-state index in [1.54, 1.807) is 13.2 Å². The van der Waals surface area contributed by atoms with Crippen molar-refractivity contribution in [1.29, 1.82) is 0 Å². The van der Waals surface area contributed by atoms with Crippen molar-refractivity contribution in [2.75, 3.05) is 20.2 Å². The lowest BCUT2D eigenvalue weighted by Crippen LogP contribution is -2.24. The van der Waals surface area contributed by atoms with E-state index >= 15 is 0 Å². The number of ether oxygens (including phenoxy) is 1. The second-order valence-electron chi connectivity index (χ2n) is 5.10. The lowest BCUT2D eigenvalue weighted by molar-refractivity contribution is 0.127. The molecule has 106 valence electrons. The van der Waals surface area contributed by atoms with Gasteiger partial charge in [0.05, 0.1) is 18.2 Å². The van der Waals surface area contributed by atoms with Gasteiger partial charge in [-0.15, -0.1) is 0 Å². The van der Waals surface area contributed by atoms with Crippen LogP contribution in [-0.2, 0) is 6.54 Å². The summed E-state index contributed by atoms with van der Waals surface area (Å²) >= 11 is 12.4. The van der Waals surface area contributed by atoms with Crippen LogP contribution in [0.2, 0.25) is 10.0 Å². The molecule has 0 bridgehead atoms. The first-order valence-electron chi connectivity index (χ1n) is 6.43. The van der Waals surface area contributed by atoms with E-state index in [1.807, 2.05) is 13.0 Å². The summed E-state index contributed by atoms with van der Waals surface area (Å²) in [5.41, 5.74) is 0.999. The Labute approximate surface area is 124 Å². The molecule has 2 unspecified atom stereocenters. The molecule has 1 N–H and O–H groups in total. The Morgan fingerprint density at radius 3 is 2.74 bits per heavy atom. The van der Waals surface area contributed by atoms with Crippen LogP contribution in [-0.4, -0.2) is 36.3 Å². The summed E-state index contributed by atoms with van der Waals surface area (Å²) in [5, 5.41) is 10.9. The van der Waals surface area contributed by atoms with Crippen LogP contribution in [0.1, 0.15) is 18.9 Å². The van der Waals surface area contributed by atoms with E-state index < -0.39 is 0 Å². The molecule has 3 nitrogen and oxygen atoms in total. The first-order valence-corrected chi connectivity index (χ1v) is 7.19. The number of nitrogens with zero attached hydrogens (tertiary/aromatic N) is 1. The maximum absolute atomic E-state index is 9.61. The summed E-state index contributed by atoms with van der Waals surface area (Å²) in [6, 6.07) is 3.61. The molecular weight excluding hydrogens is 285 g/mol. The molecule has 1 saturated heterocycles. The highest BCUT2D eigenvalue weighted by molar-refractivity contribution is 6.34. The van der Waals surface area contributed by atoms with Gasteiger partial charge in [-0.25, -0.2) is 0 Å². The molecule has 0 amide bonds. The van der Waals surface area contributed by atoms with Crippen molar-refractivity contribution >= 4 is 23.2 Å². The van der Waals surface area contributed by atoms with E-state index in [1.165, 1.54) is 0 Å². The maximum Gasteiger partial charge on any atom is 0.138 e. The largest absolute Gasteiger partial charge is 0.495 e. The number of hydrogen-bond acceptors (Lipinski definition) is 3. The lowest BCUT2D eigenvalue weighted by atomic mass is 10.0. The normalized spacial score (nSPS) is 21.6. The topological polar surface area (TPSA) is 32.7 Å². The second kappa shape index (κ2) is 6.31. The van der Waals surface area contributed by atoms with Crippen molar-refractivity contribution in [3.63, 3.8) is 0 Å². The molecule has 1 fully saturated rings. The van der Waals surface area contributed by atoms with E-state index in [4.69, 9.17) is 27.9 Å². The number of benzene rings is 1. The third-order valence-corrected chi connectivity index (χ3v) is 4.35. The quantitative estimate of drug-likeness (QED) is 0.927. The Kier molecular flexibility index (Phi) is 4.96. The molecule has 1 aromatic rings. The molecule has 1 heterocycles. The third kappa shape index (κ3) is 3.54. The van der Waals surface area contributed by atoms with E-state index in [-0.39, 0.29) is 6.10 Å². The molecule has 0 saturated carbocycles. The standard InChI is InChI=1S/C14H19Cl2NO2/c1-9(18)10-3-4-17(7-10)8-11-5-13(16)14(19-2)6-12(11)15/h5-6,9-10,18H,3-4,7-8H2,1-2H3. The number of halogens is 2. The molecular formula is C14H19Cl2NO2. The molecule has 0 spiro atoms. The average molecular weight is 304 g/mol. The van der Waals surface area contributed by atoms with E-state index in [2.05, 4.69) is 4.90 Å². The van der Waals surface area contributed by atoms with Gasteiger partial charge in [0.2, 0.25) is 0 Å². The van der Waals surface area contributed by atoms with Crippen LogP contribution in [0.3, 0.4) is 0 Å². The van der Waals surface area contributed by atoms with Crippen LogP contribution in [0, 0.1) is 5.92 Å². The molecule has 5 heteroatoms. The summed E-state index contributed by atoms with van der Waals surface area (Å²) in [6.07, 6.45) is 0.777. The fraction of sp³-hybridized carbons (Fsp3) is 0.571. The van der Waals surface area contributed by atoms with Gasteiger partial charge in [-0.05, 0) is 37.4 Å². The van der Waals surface area contributed by atoms with E-state index in [0.717, 1.165) is 31.6 Å². The number of likely N-dealkylation sites (tertiary alicyclic amines) is 1. The minimum absolute atomic E-state index is 0.250. The van der Waals surface area contributed by atoms with Gasteiger partial charge < -0.3 is 9.84 Å². The van der Waals surface area contributed by atoms with Crippen LogP contribution in [0.25, 0.3) is 0 Å². The number of aliphatic hydroxyl groups excluding tert-OH is 1. The molecule has 0 aliphatic carbocycles. The molecule has 2 rings (SSSR count). The zero-order valence-corrected chi connectivity index (χ0v) is 12.7. The average Bonchev–Trinajstić information content (AvgIpc) is 2.82. The highest BCUT2D eigenvalue weighted by Gasteiger charge is 2.26. The Bertz CT molecular complexity index is 451. The summed E-state index contributed by atoms with van der Waals surface area (Å²) in [7, 11) is 1.57. The summed E-state index contributed by atoms with van der Waals surface area (Å²) < 4.78 is 5.14. The van der Waals surface area contributed by atoms with Crippen LogP contribution in [0.4, 0.5) is 0 Å². The molecule has 1 aliphatic heterocycles. The Hall–Kier alpha value is -0.480. The predicted molar refractivity (Wildman–Crippen MR) is 78.1 cm³/mol. The zero-order valence-electron chi connectivity index (χ0n) is 11.2. The summed E-state index contributed by atoms with van der Waals surface area (Å²) in [5.74, 6) is 0.950. The minimum Gasteiger partial charge on any atom is -0.495 e. The van der Waals surface area contributed by atoms with Gasteiger partial charge in [-0.3, -0.25) is 4.90 Å². The zero-order chi connectivity index (χ0) is 14.0.